The van der Waals surface area contributed by atoms with Crippen LogP contribution in [-0.2, 0) is 4.79 Å². The smallest absolute Gasteiger partial charge is 0.240 e. The highest BCUT2D eigenvalue weighted by Gasteiger charge is 2.37. The Labute approximate surface area is 152 Å². The van der Waals surface area contributed by atoms with Gasteiger partial charge < -0.3 is 9.47 Å². The Morgan fingerprint density at radius 3 is 2.56 bits per heavy atom. The van der Waals surface area contributed by atoms with Gasteiger partial charge in [0.25, 0.3) is 0 Å². The zero-order valence-corrected chi connectivity index (χ0v) is 15.6. The van der Waals surface area contributed by atoms with E-state index in [4.69, 9.17) is 0 Å². The number of anilines is 1. The molecule has 5 nitrogen and oxygen atoms in total. The maximum Gasteiger partial charge on any atom is 0.240 e. The Morgan fingerprint density at radius 1 is 1.24 bits per heavy atom. The lowest BCUT2D eigenvalue weighted by Crippen LogP contribution is -2.36. The predicted molar refractivity (Wildman–Crippen MR) is 100 cm³/mol. The molecule has 2 saturated carbocycles. The van der Waals surface area contributed by atoms with Crippen LogP contribution >= 0.6 is 11.8 Å². The first-order valence-electron chi connectivity index (χ1n) is 9.17. The molecule has 2 aliphatic rings. The number of para-hydroxylation sites is 1. The number of amides is 1. The molecule has 1 atom stereocenters. The Kier molecular flexibility index (Phi) is 4.54. The van der Waals surface area contributed by atoms with Crippen molar-refractivity contribution in [1.82, 2.24) is 14.8 Å². The number of benzene rings is 1. The highest BCUT2D eigenvalue weighted by molar-refractivity contribution is 8.00. The second-order valence-electron chi connectivity index (χ2n) is 6.89. The van der Waals surface area contributed by atoms with Gasteiger partial charge in [-0.3, -0.25) is 4.79 Å². The van der Waals surface area contributed by atoms with Crippen LogP contribution in [0.15, 0.2) is 35.5 Å². The summed E-state index contributed by atoms with van der Waals surface area (Å²) in [7, 11) is 0. The van der Waals surface area contributed by atoms with Gasteiger partial charge in [-0.25, -0.2) is 0 Å². The third-order valence-electron chi connectivity index (χ3n) is 4.83. The average Bonchev–Trinajstić information content (AvgIpc) is 3.55. The van der Waals surface area contributed by atoms with Crippen LogP contribution in [0.25, 0.3) is 0 Å². The third kappa shape index (κ3) is 3.45. The van der Waals surface area contributed by atoms with Crippen LogP contribution in [0.4, 0.5) is 5.69 Å². The van der Waals surface area contributed by atoms with Crippen molar-refractivity contribution in [3.05, 3.63) is 36.2 Å². The molecule has 0 bridgehead atoms. The second-order valence-corrected chi connectivity index (χ2v) is 8.20. The number of aromatic nitrogens is 3. The topological polar surface area (TPSA) is 51.0 Å². The van der Waals surface area contributed by atoms with Gasteiger partial charge in [0.1, 0.15) is 5.82 Å². The normalized spacial score (nSPS) is 18.2. The summed E-state index contributed by atoms with van der Waals surface area (Å²) in [6, 6.07) is 10.4. The molecule has 6 heteroatoms. The number of carbonyl (C=O) groups excluding carboxylic acids is 1. The molecule has 0 spiro atoms. The Balaban J connectivity index is 1.51. The molecule has 0 aliphatic heterocycles. The van der Waals surface area contributed by atoms with Crippen LogP contribution in [0.1, 0.15) is 57.3 Å². The van der Waals surface area contributed by atoms with Gasteiger partial charge in [-0.2, -0.15) is 0 Å². The summed E-state index contributed by atoms with van der Waals surface area (Å²) in [5, 5.41) is 9.59. The van der Waals surface area contributed by atoms with Crippen molar-refractivity contribution in [3.8, 4) is 0 Å². The zero-order valence-electron chi connectivity index (χ0n) is 14.8. The molecule has 1 amide bonds. The quantitative estimate of drug-likeness (QED) is 0.703. The third-order valence-corrected chi connectivity index (χ3v) is 5.87. The maximum absolute atomic E-state index is 13.0. The average molecular weight is 356 g/mol. The van der Waals surface area contributed by atoms with Gasteiger partial charge in [0, 0.05) is 24.2 Å². The fraction of sp³-hybridized carbons (Fsp3) is 0.526. The first-order chi connectivity index (χ1) is 12.2. The summed E-state index contributed by atoms with van der Waals surface area (Å²) in [6.07, 6.45) is 4.86. The molecule has 2 aliphatic carbocycles. The summed E-state index contributed by atoms with van der Waals surface area (Å²) in [5.74, 6) is 1.85. The molecule has 4 rings (SSSR count). The monoisotopic (exact) mass is 356 g/mol. The van der Waals surface area contributed by atoms with Crippen LogP contribution < -0.4 is 4.90 Å². The molecular formula is C19H24N4OS. The molecule has 1 heterocycles. The largest absolute Gasteiger partial charge is 0.312 e. The minimum atomic E-state index is -0.186. The van der Waals surface area contributed by atoms with Crippen LogP contribution in [-0.4, -0.2) is 32.5 Å². The number of hydrogen-bond donors (Lipinski definition) is 0. The van der Waals surface area contributed by atoms with Gasteiger partial charge in [0.2, 0.25) is 5.91 Å². The molecule has 0 saturated heterocycles. The summed E-state index contributed by atoms with van der Waals surface area (Å²) in [6.45, 7) is 4.65. The highest BCUT2D eigenvalue weighted by Crippen LogP contribution is 2.46. The molecule has 0 radical (unpaired) electrons. The van der Waals surface area contributed by atoms with Gasteiger partial charge in [0.05, 0.1) is 5.25 Å². The fourth-order valence-electron chi connectivity index (χ4n) is 3.17. The van der Waals surface area contributed by atoms with Crippen LogP contribution in [0, 0.1) is 0 Å². The van der Waals surface area contributed by atoms with E-state index in [9.17, 15) is 4.79 Å². The highest BCUT2D eigenvalue weighted by atomic mass is 32.2. The maximum atomic E-state index is 13.0. The Hall–Kier alpha value is -1.82. The molecule has 132 valence electrons. The lowest BCUT2D eigenvalue weighted by Gasteiger charge is -2.24. The van der Waals surface area contributed by atoms with Crippen molar-refractivity contribution in [1.29, 1.82) is 0 Å². The minimum absolute atomic E-state index is 0.122. The van der Waals surface area contributed by atoms with Crippen molar-refractivity contribution in [3.63, 3.8) is 0 Å². The van der Waals surface area contributed by atoms with E-state index in [-0.39, 0.29) is 11.2 Å². The number of carbonyl (C=O) groups is 1. The summed E-state index contributed by atoms with van der Waals surface area (Å²) in [5.41, 5.74) is 0.949. The summed E-state index contributed by atoms with van der Waals surface area (Å²) < 4.78 is 2.31. The molecule has 25 heavy (non-hydrogen) atoms. The van der Waals surface area contributed by atoms with Gasteiger partial charge in [0.15, 0.2) is 5.16 Å². The molecule has 1 aromatic carbocycles. The van der Waals surface area contributed by atoms with E-state index < -0.39 is 0 Å². The predicted octanol–water partition coefficient (Wildman–Crippen LogP) is 4.02. The SMILES string of the molecule is CCN(C(=O)C(C)Sc1nnc(C2CC2)n1C1CC1)c1ccccc1. The lowest BCUT2D eigenvalue weighted by atomic mass is 10.2. The number of thioether (sulfide) groups is 1. The van der Waals surface area contributed by atoms with E-state index in [1.54, 1.807) is 11.8 Å². The van der Waals surface area contributed by atoms with Crippen LogP contribution in [0.2, 0.25) is 0 Å². The van der Waals surface area contributed by atoms with Gasteiger partial charge in [-0.1, -0.05) is 30.0 Å². The summed E-state index contributed by atoms with van der Waals surface area (Å²) >= 11 is 1.55. The molecule has 1 aromatic heterocycles. The molecule has 2 fully saturated rings. The standard InChI is InChI=1S/C19H24N4OS/c1-3-22(15-7-5-4-6-8-15)18(24)13(2)25-19-21-20-17(14-9-10-14)23(19)16-11-12-16/h4-8,13-14,16H,3,9-12H2,1-2H3. The summed E-state index contributed by atoms with van der Waals surface area (Å²) in [4.78, 5) is 14.8. The van der Waals surface area contributed by atoms with Crippen molar-refractivity contribution in [2.45, 2.75) is 61.9 Å². The lowest BCUT2D eigenvalue weighted by molar-refractivity contribution is -0.117. The van der Waals surface area contributed by atoms with E-state index in [0.29, 0.717) is 18.5 Å². The Bertz CT molecular complexity index is 752. The van der Waals surface area contributed by atoms with E-state index in [2.05, 4.69) is 14.8 Å². The van der Waals surface area contributed by atoms with Gasteiger partial charge in [-0.05, 0) is 51.7 Å². The molecule has 2 aromatic rings. The molecule has 0 N–H and O–H groups in total. The number of nitrogens with zero attached hydrogens (tertiary/aromatic N) is 4. The van der Waals surface area contributed by atoms with E-state index in [1.165, 1.54) is 25.7 Å². The van der Waals surface area contributed by atoms with Crippen LogP contribution in [0.3, 0.4) is 0 Å². The van der Waals surface area contributed by atoms with Crippen molar-refractivity contribution >= 4 is 23.4 Å². The van der Waals surface area contributed by atoms with Crippen molar-refractivity contribution in [2.75, 3.05) is 11.4 Å². The molecular weight excluding hydrogens is 332 g/mol. The number of hydrogen-bond acceptors (Lipinski definition) is 4. The first-order valence-corrected chi connectivity index (χ1v) is 10.0. The van der Waals surface area contributed by atoms with E-state index in [0.717, 1.165) is 16.7 Å². The first kappa shape index (κ1) is 16.6. The Morgan fingerprint density at radius 2 is 1.96 bits per heavy atom. The van der Waals surface area contributed by atoms with Crippen LogP contribution in [0.5, 0.6) is 0 Å². The van der Waals surface area contributed by atoms with Gasteiger partial charge >= 0.3 is 0 Å². The fourth-order valence-corrected chi connectivity index (χ4v) is 4.15. The second kappa shape index (κ2) is 6.83. The molecule has 1 unspecified atom stereocenters. The van der Waals surface area contributed by atoms with E-state index in [1.807, 2.05) is 49.1 Å². The van der Waals surface area contributed by atoms with Gasteiger partial charge in [-0.15, -0.1) is 10.2 Å². The van der Waals surface area contributed by atoms with E-state index >= 15 is 0 Å². The van der Waals surface area contributed by atoms with Crippen molar-refractivity contribution < 1.29 is 4.79 Å². The van der Waals surface area contributed by atoms with Crippen molar-refractivity contribution in [2.24, 2.45) is 0 Å². The zero-order chi connectivity index (χ0) is 17.4. The number of rotatable bonds is 7. The minimum Gasteiger partial charge on any atom is -0.312 e.